The lowest BCUT2D eigenvalue weighted by Gasteiger charge is -2.07. The molecule has 0 spiro atoms. The number of aryl methyl sites for hydroxylation is 2. The van der Waals surface area contributed by atoms with Crippen LogP contribution in [0.3, 0.4) is 0 Å². The Labute approximate surface area is 172 Å². The lowest BCUT2D eigenvalue weighted by molar-refractivity contribution is -0.118. The van der Waals surface area contributed by atoms with Crippen molar-refractivity contribution in [2.45, 2.75) is 31.8 Å². The van der Waals surface area contributed by atoms with Crippen LogP contribution in [-0.4, -0.2) is 42.1 Å². The van der Waals surface area contributed by atoms with Gasteiger partial charge in [0.2, 0.25) is 11.8 Å². The minimum atomic E-state index is -0.386. The van der Waals surface area contributed by atoms with Gasteiger partial charge in [0, 0.05) is 19.9 Å². The number of nitrogens with one attached hydrogen (secondary N) is 1. The number of hydrogen-bond donors (Lipinski definition) is 2. The summed E-state index contributed by atoms with van der Waals surface area (Å²) in [5, 5.41) is 16.2. The zero-order chi connectivity index (χ0) is 21.0. The Hall–Kier alpha value is -3.14. The van der Waals surface area contributed by atoms with Crippen LogP contribution in [0.4, 0.5) is 5.69 Å². The predicted octanol–water partition coefficient (Wildman–Crippen LogP) is 1.77. The van der Waals surface area contributed by atoms with E-state index in [1.54, 1.807) is 11.6 Å². The lowest BCUT2D eigenvalue weighted by Crippen LogP contribution is -2.16. The van der Waals surface area contributed by atoms with Crippen molar-refractivity contribution in [1.82, 2.24) is 24.5 Å². The summed E-state index contributed by atoms with van der Waals surface area (Å²) >= 11 is 1.28. The van der Waals surface area contributed by atoms with Crippen LogP contribution in [0, 0.1) is 13.8 Å². The van der Waals surface area contributed by atoms with Gasteiger partial charge in [-0.15, -0.1) is 10.2 Å². The molecule has 9 nitrogen and oxygen atoms in total. The minimum absolute atomic E-state index is 0.157. The highest BCUT2D eigenvalue weighted by molar-refractivity contribution is 7.99. The summed E-state index contributed by atoms with van der Waals surface area (Å²) in [6.07, 6.45) is 0.629. The van der Waals surface area contributed by atoms with Gasteiger partial charge in [-0.05, 0) is 26.0 Å². The Balaban J connectivity index is 1.63. The second kappa shape index (κ2) is 8.91. The summed E-state index contributed by atoms with van der Waals surface area (Å²) in [5.41, 5.74) is 8.42. The van der Waals surface area contributed by atoms with Gasteiger partial charge >= 0.3 is 0 Å². The van der Waals surface area contributed by atoms with E-state index in [0.717, 1.165) is 17.1 Å². The summed E-state index contributed by atoms with van der Waals surface area (Å²) in [5.74, 6) is 0.290. The molecule has 2 amide bonds. The lowest BCUT2D eigenvalue weighted by atomic mass is 10.3. The van der Waals surface area contributed by atoms with Crippen LogP contribution in [0.1, 0.15) is 23.6 Å². The fourth-order valence-corrected chi connectivity index (χ4v) is 3.60. The Morgan fingerprint density at radius 1 is 1.17 bits per heavy atom. The second-order valence-corrected chi connectivity index (χ2v) is 7.50. The third-order valence-electron chi connectivity index (χ3n) is 4.41. The molecule has 3 aromatic rings. The third kappa shape index (κ3) is 4.83. The smallest absolute Gasteiger partial charge is 0.234 e. The predicted molar refractivity (Wildman–Crippen MR) is 111 cm³/mol. The van der Waals surface area contributed by atoms with Gasteiger partial charge in [-0.3, -0.25) is 9.59 Å². The molecule has 3 N–H and O–H groups in total. The first kappa shape index (κ1) is 20.6. The average Bonchev–Trinajstić information content (AvgIpc) is 3.19. The van der Waals surface area contributed by atoms with E-state index < -0.39 is 0 Å². The van der Waals surface area contributed by atoms with Crippen molar-refractivity contribution in [2.75, 3.05) is 11.1 Å². The summed E-state index contributed by atoms with van der Waals surface area (Å²) in [4.78, 5) is 23.4. The molecule has 0 radical (unpaired) electrons. The SMILES string of the molecule is Cc1nn(-c2ccccc2)c(C)c1NC(=O)CSc1nnc(CCC(N)=O)n1C. The van der Waals surface area contributed by atoms with Crippen molar-refractivity contribution in [2.24, 2.45) is 12.8 Å². The van der Waals surface area contributed by atoms with E-state index in [-0.39, 0.29) is 24.0 Å². The van der Waals surface area contributed by atoms with Gasteiger partial charge in [-0.1, -0.05) is 30.0 Å². The van der Waals surface area contributed by atoms with Crippen molar-refractivity contribution in [3.05, 3.63) is 47.5 Å². The first-order valence-electron chi connectivity index (χ1n) is 9.07. The molecule has 3 rings (SSSR count). The maximum atomic E-state index is 12.5. The number of carbonyl (C=O) groups is 2. The van der Waals surface area contributed by atoms with Crippen LogP contribution < -0.4 is 11.1 Å². The van der Waals surface area contributed by atoms with Gasteiger partial charge in [0.25, 0.3) is 0 Å². The van der Waals surface area contributed by atoms with E-state index >= 15 is 0 Å². The number of nitrogens with zero attached hydrogens (tertiary/aromatic N) is 5. The largest absolute Gasteiger partial charge is 0.370 e. The summed E-state index contributed by atoms with van der Waals surface area (Å²) in [7, 11) is 1.80. The van der Waals surface area contributed by atoms with Crippen LogP contribution >= 0.6 is 11.8 Å². The van der Waals surface area contributed by atoms with E-state index in [0.29, 0.717) is 23.1 Å². The molecule has 152 valence electrons. The van der Waals surface area contributed by atoms with Crippen molar-refractivity contribution in [1.29, 1.82) is 0 Å². The Bertz CT molecular complexity index is 1030. The minimum Gasteiger partial charge on any atom is -0.370 e. The molecule has 0 aliphatic rings. The number of carbonyl (C=O) groups excluding carboxylic acids is 2. The van der Waals surface area contributed by atoms with Crippen LogP contribution in [0.25, 0.3) is 5.69 Å². The zero-order valence-electron chi connectivity index (χ0n) is 16.5. The van der Waals surface area contributed by atoms with Gasteiger partial charge in [0.05, 0.1) is 28.5 Å². The number of hydrogen-bond acceptors (Lipinski definition) is 6. The number of para-hydroxylation sites is 1. The maximum Gasteiger partial charge on any atom is 0.234 e. The molecule has 1 aromatic carbocycles. The van der Waals surface area contributed by atoms with E-state index in [4.69, 9.17) is 5.73 Å². The number of anilines is 1. The fraction of sp³-hybridized carbons (Fsp3) is 0.316. The number of nitrogens with two attached hydrogens (primary N) is 1. The number of amides is 2. The molecule has 10 heteroatoms. The van der Waals surface area contributed by atoms with Crippen molar-refractivity contribution in [3.8, 4) is 5.69 Å². The maximum absolute atomic E-state index is 12.5. The highest BCUT2D eigenvalue weighted by Gasteiger charge is 2.17. The van der Waals surface area contributed by atoms with Crippen LogP contribution in [0.15, 0.2) is 35.5 Å². The van der Waals surface area contributed by atoms with Gasteiger partial charge in [-0.2, -0.15) is 5.10 Å². The second-order valence-electron chi connectivity index (χ2n) is 6.55. The molecule has 0 saturated carbocycles. The molecule has 0 bridgehead atoms. The van der Waals surface area contributed by atoms with Crippen LogP contribution in [0.2, 0.25) is 0 Å². The van der Waals surface area contributed by atoms with Crippen LogP contribution in [0.5, 0.6) is 0 Å². The Morgan fingerprint density at radius 2 is 1.90 bits per heavy atom. The highest BCUT2D eigenvalue weighted by atomic mass is 32.2. The molecule has 29 heavy (non-hydrogen) atoms. The highest BCUT2D eigenvalue weighted by Crippen LogP contribution is 2.23. The van der Waals surface area contributed by atoms with Crippen LogP contribution in [-0.2, 0) is 23.1 Å². The van der Waals surface area contributed by atoms with Gasteiger partial charge in [0.15, 0.2) is 5.16 Å². The molecule has 2 heterocycles. The Morgan fingerprint density at radius 3 is 2.59 bits per heavy atom. The molecule has 0 fully saturated rings. The zero-order valence-corrected chi connectivity index (χ0v) is 17.4. The molecular formula is C19H23N7O2S. The molecule has 0 atom stereocenters. The monoisotopic (exact) mass is 413 g/mol. The first-order chi connectivity index (χ1) is 13.9. The summed E-state index contributed by atoms with van der Waals surface area (Å²) < 4.78 is 3.58. The van der Waals surface area contributed by atoms with Gasteiger partial charge in [0.1, 0.15) is 5.82 Å². The first-order valence-corrected chi connectivity index (χ1v) is 10.1. The van der Waals surface area contributed by atoms with Gasteiger partial charge < -0.3 is 15.6 Å². The Kier molecular flexibility index (Phi) is 6.32. The van der Waals surface area contributed by atoms with Crippen molar-refractivity contribution < 1.29 is 9.59 Å². The standard InChI is InChI=1S/C19H23N7O2S/c1-12-18(13(2)26(24-12)14-7-5-4-6-8-14)21-17(28)11-29-19-23-22-16(25(19)3)10-9-15(20)27/h4-8H,9-11H2,1-3H3,(H2,20,27)(H,21,28). The topological polar surface area (TPSA) is 121 Å². The number of benzene rings is 1. The van der Waals surface area contributed by atoms with E-state index in [2.05, 4.69) is 20.6 Å². The van der Waals surface area contributed by atoms with E-state index in [9.17, 15) is 9.59 Å². The molecular weight excluding hydrogens is 390 g/mol. The van der Waals surface area contributed by atoms with E-state index in [1.807, 2.05) is 48.9 Å². The van der Waals surface area contributed by atoms with E-state index in [1.165, 1.54) is 11.8 Å². The average molecular weight is 414 g/mol. The molecule has 2 aromatic heterocycles. The third-order valence-corrected chi connectivity index (χ3v) is 5.43. The summed E-state index contributed by atoms with van der Waals surface area (Å²) in [6, 6.07) is 9.76. The quantitative estimate of drug-likeness (QED) is 0.543. The summed E-state index contributed by atoms with van der Waals surface area (Å²) in [6.45, 7) is 3.78. The molecule has 0 saturated heterocycles. The fourth-order valence-electron chi connectivity index (χ4n) is 2.87. The number of thioether (sulfide) groups is 1. The molecule has 0 unspecified atom stereocenters. The van der Waals surface area contributed by atoms with Crippen molar-refractivity contribution in [3.63, 3.8) is 0 Å². The number of primary amides is 1. The van der Waals surface area contributed by atoms with Gasteiger partial charge in [-0.25, -0.2) is 4.68 Å². The molecule has 0 aliphatic heterocycles. The number of rotatable bonds is 8. The van der Waals surface area contributed by atoms with Crippen molar-refractivity contribution >= 4 is 29.3 Å². The number of aromatic nitrogens is 5. The molecule has 0 aliphatic carbocycles. The normalized spacial score (nSPS) is 10.9.